The first-order valence-corrected chi connectivity index (χ1v) is 5.48. The molecular formula is C12H19NO2. The summed E-state index contributed by atoms with van der Waals surface area (Å²) in [5, 5.41) is 0. The van der Waals surface area contributed by atoms with E-state index in [1.165, 1.54) is 6.26 Å². The van der Waals surface area contributed by atoms with Crippen molar-refractivity contribution in [2.45, 2.75) is 39.5 Å². The molecule has 1 aromatic rings. The largest absolute Gasteiger partial charge is 0.468 e. The standard InChI is InChI=1S/C12H19NO2/c1-4-9(5-2)8(3)11-10(12(13)14)6-7-15-11/h6-9H,4-5H2,1-3H3,(H2,13,14). The van der Waals surface area contributed by atoms with Crippen molar-refractivity contribution < 1.29 is 9.21 Å². The van der Waals surface area contributed by atoms with Crippen LogP contribution in [0.25, 0.3) is 0 Å². The minimum absolute atomic E-state index is 0.248. The number of hydrogen-bond acceptors (Lipinski definition) is 2. The molecule has 3 heteroatoms. The van der Waals surface area contributed by atoms with Crippen molar-refractivity contribution in [3.8, 4) is 0 Å². The molecular weight excluding hydrogens is 190 g/mol. The van der Waals surface area contributed by atoms with E-state index in [1.54, 1.807) is 6.07 Å². The van der Waals surface area contributed by atoms with Crippen molar-refractivity contribution in [2.75, 3.05) is 0 Å². The van der Waals surface area contributed by atoms with E-state index in [0.717, 1.165) is 18.6 Å². The molecule has 0 saturated carbocycles. The van der Waals surface area contributed by atoms with Crippen LogP contribution in [0.5, 0.6) is 0 Å². The average molecular weight is 209 g/mol. The van der Waals surface area contributed by atoms with Crippen LogP contribution in [0.1, 0.15) is 55.6 Å². The maximum absolute atomic E-state index is 11.1. The molecule has 84 valence electrons. The summed E-state index contributed by atoms with van der Waals surface area (Å²) >= 11 is 0. The summed E-state index contributed by atoms with van der Waals surface area (Å²) in [5.41, 5.74) is 5.80. The number of primary amides is 1. The van der Waals surface area contributed by atoms with E-state index in [-0.39, 0.29) is 5.92 Å². The van der Waals surface area contributed by atoms with Gasteiger partial charge in [0.15, 0.2) is 0 Å². The maximum atomic E-state index is 11.1. The van der Waals surface area contributed by atoms with E-state index in [1.807, 2.05) is 0 Å². The van der Waals surface area contributed by atoms with Gasteiger partial charge in [0.1, 0.15) is 5.76 Å². The fraction of sp³-hybridized carbons (Fsp3) is 0.583. The van der Waals surface area contributed by atoms with Gasteiger partial charge in [-0.1, -0.05) is 33.6 Å². The fourth-order valence-corrected chi connectivity index (χ4v) is 2.09. The lowest BCUT2D eigenvalue weighted by molar-refractivity contribution is 0.0997. The number of rotatable bonds is 5. The fourth-order valence-electron chi connectivity index (χ4n) is 2.09. The third-order valence-electron chi connectivity index (χ3n) is 3.13. The van der Waals surface area contributed by atoms with Gasteiger partial charge in [0, 0.05) is 5.92 Å². The molecule has 0 aromatic carbocycles. The van der Waals surface area contributed by atoms with Crippen LogP contribution in [0.2, 0.25) is 0 Å². The minimum Gasteiger partial charge on any atom is -0.468 e. The van der Waals surface area contributed by atoms with Crippen molar-refractivity contribution in [2.24, 2.45) is 11.7 Å². The van der Waals surface area contributed by atoms with Gasteiger partial charge in [0.25, 0.3) is 5.91 Å². The molecule has 1 aromatic heterocycles. The summed E-state index contributed by atoms with van der Waals surface area (Å²) in [5.74, 6) is 1.11. The van der Waals surface area contributed by atoms with Gasteiger partial charge in [-0.25, -0.2) is 0 Å². The molecule has 0 spiro atoms. The first-order chi connectivity index (χ1) is 7.11. The molecule has 0 bridgehead atoms. The molecule has 0 aliphatic carbocycles. The second-order valence-corrected chi connectivity index (χ2v) is 3.93. The third kappa shape index (κ3) is 2.41. The molecule has 0 aliphatic heterocycles. The van der Waals surface area contributed by atoms with Crippen LogP contribution in [0.15, 0.2) is 16.7 Å². The van der Waals surface area contributed by atoms with Gasteiger partial charge < -0.3 is 10.2 Å². The zero-order chi connectivity index (χ0) is 11.4. The van der Waals surface area contributed by atoms with E-state index in [2.05, 4.69) is 20.8 Å². The lowest BCUT2D eigenvalue weighted by Crippen LogP contribution is -2.16. The smallest absolute Gasteiger partial charge is 0.252 e. The van der Waals surface area contributed by atoms with Crippen molar-refractivity contribution in [1.82, 2.24) is 0 Å². The summed E-state index contributed by atoms with van der Waals surface area (Å²) in [6.07, 6.45) is 3.70. The number of amides is 1. The van der Waals surface area contributed by atoms with Crippen molar-refractivity contribution in [1.29, 1.82) is 0 Å². The highest BCUT2D eigenvalue weighted by atomic mass is 16.3. The van der Waals surface area contributed by atoms with Crippen molar-refractivity contribution in [3.63, 3.8) is 0 Å². The Morgan fingerprint density at radius 1 is 1.47 bits per heavy atom. The molecule has 2 N–H and O–H groups in total. The molecule has 0 radical (unpaired) electrons. The van der Waals surface area contributed by atoms with Gasteiger partial charge in [-0.15, -0.1) is 0 Å². The highest BCUT2D eigenvalue weighted by Gasteiger charge is 2.23. The first-order valence-electron chi connectivity index (χ1n) is 5.48. The Morgan fingerprint density at radius 3 is 2.53 bits per heavy atom. The van der Waals surface area contributed by atoms with Crippen molar-refractivity contribution in [3.05, 3.63) is 23.7 Å². The molecule has 15 heavy (non-hydrogen) atoms. The van der Waals surface area contributed by atoms with Gasteiger partial charge in [0.05, 0.1) is 11.8 Å². The van der Waals surface area contributed by atoms with Crippen LogP contribution in [-0.2, 0) is 0 Å². The maximum Gasteiger partial charge on any atom is 0.252 e. The van der Waals surface area contributed by atoms with Crippen LogP contribution >= 0.6 is 0 Å². The van der Waals surface area contributed by atoms with Crippen LogP contribution in [-0.4, -0.2) is 5.91 Å². The topological polar surface area (TPSA) is 56.2 Å². The summed E-state index contributed by atoms with van der Waals surface area (Å²) in [4.78, 5) is 11.1. The zero-order valence-electron chi connectivity index (χ0n) is 9.62. The second kappa shape index (κ2) is 5.01. The monoisotopic (exact) mass is 209 g/mol. The number of carbonyl (C=O) groups excluding carboxylic acids is 1. The van der Waals surface area contributed by atoms with Crippen LogP contribution in [0.3, 0.4) is 0 Å². The Balaban J connectivity index is 2.94. The van der Waals surface area contributed by atoms with E-state index in [0.29, 0.717) is 11.5 Å². The van der Waals surface area contributed by atoms with Gasteiger partial charge in [-0.2, -0.15) is 0 Å². The Bertz CT molecular complexity index is 326. The van der Waals surface area contributed by atoms with Crippen LogP contribution in [0.4, 0.5) is 0 Å². The van der Waals surface area contributed by atoms with Gasteiger partial charge in [0.2, 0.25) is 0 Å². The van der Waals surface area contributed by atoms with E-state index in [4.69, 9.17) is 10.2 Å². The predicted molar refractivity (Wildman–Crippen MR) is 59.7 cm³/mol. The Morgan fingerprint density at radius 2 is 2.07 bits per heavy atom. The van der Waals surface area contributed by atoms with E-state index >= 15 is 0 Å². The Kier molecular flexibility index (Phi) is 3.95. The SMILES string of the molecule is CCC(CC)C(C)c1occc1C(N)=O. The quantitative estimate of drug-likeness (QED) is 0.810. The van der Waals surface area contributed by atoms with Crippen molar-refractivity contribution >= 4 is 5.91 Å². The number of nitrogens with two attached hydrogens (primary N) is 1. The number of hydrogen-bond donors (Lipinski definition) is 1. The molecule has 1 rings (SSSR count). The minimum atomic E-state index is -0.406. The first kappa shape index (κ1) is 11.8. The summed E-state index contributed by atoms with van der Waals surface area (Å²) in [7, 11) is 0. The highest BCUT2D eigenvalue weighted by molar-refractivity contribution is 5.93. The van der Waals surface area contributed by atoms with E-state index in [9.17, 15) is 4.79 Å². The highest BCUT2D eigenvalue weighted by Crippen LogP contribution is 2.31. The summed E-state index contributed by atoms with van der Waals surface area (Å²) < 4.78 is 5.37. The predicted octanol–water partition coefficient (Wildman–Crippen LogP) is 2.92. The van der Waals surface area contributed by atoms with Crippen LogP contribution in [0, 0.1) is 5.92 Å². The molecule has 1 amide bonds. The molecule has 1 unspecified atom stereocenters. The average Bonchev–Trinajstić information content (AvgIpc) is 2.67. The van der Waals surface area contributed by atoms with Gasteiger partial charge >= 0.3 is 0 Å². The second-order valence-electron chi connectivity index (χ2n) is 3.93. The third-order valence-corrected chi connectivity index (χ3v) is 3.13. The summed E-state index contributed by atoms with van der Waals surface area (Å²) in [6, 6.07) is 1.65. The molecule has 1 heterocycles. The molecule has 3 nitrogen and oxygen atoms in total. The molecule has 1 atom stereocenters. The molecule has 0 fully saturated rings. The lowest BCUT2D eigenvalue weighted by Gasteiger charge is -2.19. The Hall–Kier alpha value is -1.25. The molecule has 0 aliphatic rings. The van der Waals surface area contributed by atoms with Crippen LogP contribution < -0.4 is 5.73 Å². The number of carbonyl (C=O) groups is 1. The lowest BCUT2D eigenvalue weighted by atomic mass is 9.86. The van der Waals surface area contributed by atoms with Gasteiger partial charge in [-0.05, 0) is 12.0 Å². The van der Waals surface area contributed by atoms with Gasteiger partial charge in [-0.3, -0.25) is 4.79 Å². The number of furan rings is 1. The zero-order valence-corrected chi connectivity index (χ0v) is 9.62. The normalized spacial score (nSPS) is 13.1. The molecule has 0 saturated heterocycles. The summed E-state index contributed by atoms with van der Waals surface area (Å²) in [6.45, 7) is 6.39. The Labute approximate surface area is 90.6 Å². The van der Waals surface area contributed by atoms with E-state index < -0.39 is 5.91 Å².